The third kappa shape index (κ3) is 4.87. The number of amides is 1. The molecule has 0 bridgehead atoms. The summed E-state index contributed by atoms with van der Waals surface area (Å²) in [5.41, 5.74) is 1.38. The molecule has 2 aromatic rings. The molecule has 2 rings (SSSR count). The smallest absolute Gasteiger partial charge is 0.337 e. The molecular weight excluding hydrogens is 384 g/mol. The van der Waals surface area contributed by atoms with Gasteiger partial charge in [-0.3, -0.25) is 4.79 Å². The van der Waals surface area contributed by atoms with Gasteiger partial charge in [0.2, 0.25) is 15.9 Å². The van der Waals surface area contributed by atoms with Crippen molar-refractivity contribution in [3.8, 4) is 5.75 Å². The zero-order chi connectivity index (χ0) is 20.9. The van der Waals surface area contributed by atoms with Crippen molar-refractivity contribution in [3.63, 3.8) is 0 Å². The number of methoxy groups -OCH3 is 2. The fourth-order valence-corrected chi connectivity index (χ4v) is 3.54. The summed E-state index contributed by atoms with van der Waals surface area (Å²) < 4.78 is 36.0. The van der Waals surface area contributed by atoms with Crippen LogP contribution in [0.1, 0.15) is 15.9 Å². The predicted octanol–water partition coefficient (Wildman–Crippen LogP) is 2.05. The van der Waals surface area contributed by atoms with Crippen molar-refractivity contribution in [2.24, 2.45) is 0 Å². The van der Waals surface area contributed by atoms with Crippen LogP contribution in [0.2, 0.25) is 0 Å². The minimum atomic E-state index is -3.82. The van der Waals surface area contributed by atoms with E-state index in [-0.39, 0.29) is 16.1 Å². The topological polar surface area (TPSA) is 102 Å². The number of nitrogens with zero attached hydrogens (tertiary/aromatic N) is 1. The molecule has 0 aliphatic carbocycles. The molecular formula is C19H22N2O6S. The van der Waals surface area contributed by atoms with Crippen LogP contribution in [0.4, 0.5) is 5.69 Å². The van der Waals surface area contributed by atoms with E-state index in [9.17, 15) is 18.0 Å². The van der Waals surface area contributed by atoms with Crippen LogP contribution in [-0.2, 0) is 19.6 Å². The summed E-state index contributed by atoms with van der Waals surface area (Å²) in [4.78, 5) is 24.2. The average Bonchev–Trinajstić information content (AvgIpc) is 2.67. The Morgan fingerprint density at radius 3 is 2.29 bits per heavy atom. The highest BCUT2D eigenvalue weighted by Crippen LogP contribution is 2.26. The first-order valence-electron chi connectivity index (χ1n) is 8.28. The summed E-state index contributed by atoms with van der Waals surface area (Å²) in [6.45, 7) is 1.44. The van der Waals surface area contributed by atoms with Crippen molar-refractivity contribution in [1.82, 2.24) is 4.31 Å². The number of aryl methyl sites for hydroxylation is 1. The van der Waals surface area contributed by atoms with E-state index in [2.05, 4.69) is 10.1 Å². The number of sulfonamides is 1. The Morgan fingerprint density at radius 2 is 1.71 bits per heavy atom. The fourth-order valence-electron chi connectivity index (χ4n) is 2.42. The molecule has 150 valence electrons. The number of ether oxygens (including phenoxy) is 2. The van der Waals surface area contributed by atoms with E-state index >= 15 is 0 Å². The normalized spacial score (nSPS) is 11.2. The van der Waals surface area contributed by atoms with Crippen LogP contribution in [0.5, 0.6) is 5.75 Å². The Labute approximate surface area is 164 Å². The lowest BCUT2D eigenvalue weighted by atomic mass is 10.2. The Bertz CT molecular complexity index is 970. The third-order valence-corrected chi connectivity index (χ3v) is 5.81. The first-order valence-corrected chi connectivity index (χ1v) is 9.72. The van der Waals surface area contributed by atoms with Crippen molar-refractivity contribution < 1.29 is 27.5 Å². The van der Waals surface area contributed by atoms with Gasteiger partial charge < -0.3 is 14.8 Å². The highest BCUT2D eigenvalue weighted by molar-refractivity contribution is 7.89. The zero-order valence-electron chi connectivity index (χ0n) is 16.1. The molecule has 0 saturated heterocycles. The van der Waals surface area contributed by atoms with Crippen molar-refractivity contribution in [3.05, 3.63) is 53.6 Å². The number of rotatable bonds is 7. The van der Waals surface area contributed by atoms with E-state index in [1.807, 2.05) is 6.92 Å². The minimum absolute atomic E-state index is 0.0960. The second-order valence-corrected chi connectivity index (χ2v) is 8.07. The van der Waals surface area contributed by atoms with E-state index in [4.69, 9.17) is 4.74 Å². The van der Waals surface area contributed by atoms with Crippen LogP contribution in [0.25, 0.3) is 0 Å². The van der Waals surface area contributed by atoms with E-state index < -0.39 is 28.4 Å². The molecule has 0 aliphatic heterocycles. The Kier molecular flexibility index (Phi) is 6.76. The molecule has 8 nitrogen and oxygen atoms in total. The van der Waals surface area contributed by atoms with E-state index in [0.29, 0.717) is 5.75 Å². The van der Waals surface area contributed by atoms with E-state index in [1.54, 1.807) is 12.1 Å². The van der Waals surface area contributed by atoms with Gasteiger partial charge in [0.05, 0.1) is 36.9 Å². The molecule has 9 heteroatoms. The molecule has 28 heavy (non-hydrogen) atoms. The van der Waals surface area contributed by atoms with Gasteiger partial charge in [-0.25, -0.2) is 13.2 Å². The zero-order valence-corrected chi connectivity index (χ0v) is 16.9. The van der Waals surface area contributed by atoms with Gasteiger partial charge >= 0.3 is 5.97 Å². The summed E-state index contributed by atoms with van der Waals surface area (Å²) >= 11 is 0. The van der Waals surface area contributed by atoms with Crippen molar-refractivity contribution in [2.75, 3.05) is 33.1 Å². The van der Waals surface area contributed by atoms with Crippen molar-refractivity contribution in [2.45, 2.75) is 11.8 Å². The van der Waals surface area contributed by atoms with Crippen molar-refractivity contribution >= 4 is 27.6 Å². The highest BCUT2D eigenvalue weighted by atomic mass is 32.2. The van der Waals surface area contributed by atoms with Gasteiger partial charge in [0.25, 0.3) is 0 Å². The first-order chi connectivity index (χ1) is 13.2. The van der Waals surface area contributed by atoms with Crippen LogP contribution in [0.3, 0.4) is 0 Å². The lowest BCUT2D eigenvalue weighted by Gasteiger charge is -2.18. The lowest BCUT2D eigenvalue weighted by molar-refractivity contribution is -0.116. The number of anilines is 1. The molecule has 0 unspecified atom stereocenters. The van der Waals surface area contributed by atoms with Gasteiger partial charge in [-0.2, -0.15) is 4.31 Å². The van der Waals surface area contributed by atoms with Crippen LogP contribution in [0.15, 0.2) is 47.4 Å². The lowest BCUT2D eigenvalue weighted by Crippen LogP contribution is -2.35. The van der Waals surface area contributed by atoms with Gasteiger partial charge in [-0.05, 0) is 37.3 Å². The standard InChI is InChI=1S/C19H22N2O6S/c1-13-5-8-15(9-6-13)28(24,25)21(2)12-18(22)20-16-11-14(19(23)27-4)7-10-17(16)26-3/h5-11H,12H2,1-4H3,(H,20,22). The molecule has 0 heterocycles. The maximum atomic E-state index is 12.6. The number of esters is 1. The van der Waals surface area contributed by atoms with Crippen LogP contribution in [-0.4, -0.2) is 52.4 Å². The largest absolute Gasteiger partial charge is 0.495 e. The summed E-state index contributed by atoms with van der Waals surface area (Å²) in [6.07, 6.45) is 0. The molecule has 1 N–H and O–H groups in total. The number of hydrogen-bond acceptors (Lipinski definition) is 6. The number of carbonyl (C=O) groups is 2. The first kappa shape index (κ1) is 21.4. The average molecular weight is 406 g/mol. The maximum absolute atomic E-state index is 12.6. The summed E-state index contributed by atoms with van der Waals surface area (Å²) in [5.74, 6) is -0.833. The van der Waals surface area contributed by atoms with Crippen LogP contribution in [0, 0.1) is 6.92 Å². The molecule has 0 aromatic heterocycles. The van der Waals surface area contributed by atoms with Crippen molar-refractivity contribution in [1.29, 1.82) is 0 Å². The predicted molar refractivity (Wildman–Crippen MR) is 104 cm³/mol. The third-order valence-electron chi connectivity index (χ3n) is 3.99. The van der Waals surface area contributed by atoms with Crippen LogP contribution >= 0.6 is 0 Å². The second-order valence-electron chi connectivity index (χ2n) is 6.03. The molecule has 0 aliphatic rings. The SMILES string of the molecule is COC(=O)c1ccc(OC)c(NC(=O)CN(C)S(=O)(=O)c2ccc(C)cc2)c1. The van der Waals surface area contributed by atoms with E-state index in [0.717, 1.165) is 9.87 Å². The number of benzene rings is 2. The van der Waals surface area contributed by atoms with Gasteiger partial charge in [0.1, 0.15) is 5.75 Å². The highest BCUT2D eigenvalue weighted by Gasteiger charge is 2.23. The fraction of sp³-hybridized carbons (Fsp3) is 0.263. The Morgan fingerprint density at radius 1 is 1.07 bits per heavy atom. The van der Waals surface area contributed by atoms with Gasteiger partial charge in [-0.1, -0.05) is 17.7 Å². The number of carbonyl (C=O) groups excluding carboxylic acids is 2. The second kappa shape index (κ2) is 8.85. The van der Waals surface area contributed by atoms with Gasteiger partial charge in [-0.15, -0.1) is 0 Å². The summed E-state index contributed by atoms with van der Waals surface area (Å²) in [6, 6.07) is 10.7. The number of hydrogen-bond donors (Lipinski definition) is 1. The number of nitrogens with one attached hydrogen (secondary N) is 1. The quantitative estimate of drug-likeness (QED) is 0.706. The number of likely N-dealkylation sites (N-methyl/N-ethyl adjacent to an activating group) is 1. The van der Waals surface area contributed by atoms with Gasteiger partial charge in [0.15, 0.2) is 0 Å². The molecule has 0 radical (unpaired) electrons. The molecule has 1 amide bonds. The molecule has 0 atom stereocenters. The summed E-state index contributed by atoms with van der Waals surface area (Å²) in [7, 11) is 0.158. The van der Waals surface area contributed by atoms with E-state index in [1.165, 1.54) is 51.6 Å². The monoisotopic (exact) mass is 406 g/mol. The molecule has 0 spiro atoms. The van der Waals surface area contributed by atoms with Crippen LogP contribution < -0.4 is 10.1 Å². The summed E-state index contributed by atoms with van der Waals surface area (Å²) in [5, 5.41) is 2.57. The Hall–Kier alpha value is -2.91. The maximum Gasteiger partial charge on any atom is 0.337 e. The molecule has 0 saturated carbocycles. The molecule has 2 aromatic carbocycles. The molecule has 0 fully saturated rings. The van der Waals surface area contributed by atoms with Gasteiger partial charge in [0, 0.05) is 7.05 Å². The Balaban J connectivity index is 2.17. The minimum Gasteiger partial charge on any atom is -0.495 e.